The maximum Gasteiger partial charge on any atom is 0.319 e. The van der Waals surface area contributed by atoms with E-state index in [4.69, 9.17) is 0 Å². The van der Waals surface area contributed by atoms with Crippen LogP contribution >= 0.6 is 0 Å². The lowest BCUT2D eigenvalue weighted by atomic mass is 9.85. The van der Waals surface area contributed by atoms with Crippen LogP contribution in [0.25, 0.3) is 0 Å². The van der Waals surface area contributed by atoms with Gasteiger partial charge in [-0.15, -0.1) is 0 Å². The molecular weight excluding hydrogens is 326 g/mol. The second-order valence-electron chi connectivity index (χ2n) is 6.48. The first kappa shape index (κ1) is 18.0. The van der Waals surface area contributed by atoms with Gasteiger partial charge in [-0.2, -0.15) is 0 Å². The number of aliphatic hydroxyl groups excluding tert-OH is 1. The van der Waals surface area contributed by atoms with Gasteiger partial charge in [-0.25, -0.2) is 9.78 Å². The van der Waals surface area contributed by atoms with E-state index in [1.165, 1.54) is 0 Å². The van der Waals surface area contributed by atoms with Gasteiger partial charge in [0.05, 0.1) is 0 Å². The van der Waals surface area contributed by atoms with E-state index in [1.807, 2.05) is 42.5 Å². The fourth-order valence-electron chi connectivity index (χ4n) is 3.20. The lowest BCUT2D eigenvalue weighted by Crippen LogP contribution is -2.45. The molecule has 1 aliphatic rings. The Morgan fingerprint density at radius 3 is 2.85 bits per heavy atom. The standard InChI is InChI=1S/C21H23N3O2/c25-15-17-7-1-2-10-20(17)24-21(26)23-19-9-5-6-16(14-19)11-12-18-8-3-4-13-22-18/h3-6,8-9,13-14,17,20,25H,1-2,7,10,15H2,(H2,23,24,26). The maximum atomic E-state index is 12.3. The normalized spacial score (nSPS) is 19.1. The Labute approximate surface area is 153 Å². The quantitative estimate of drug-likeness (QED) is 0.745. The minimum absolute atomic E-state index is 0.0286. The highest BCUT2D eigenvalue weighted by Gasteiger charge is 2.25. The molecule has 1 aromatic heterocycles. The average Bonchev–Trinajstić information content (AvgIpc) is 2.68. The van der Waals surface area contributed by atoms with Crippen molar-refractivity contribution in [3.8, 4) is 11.8 Å². The molecule has 2 amide bonds. The molecule has 3 N–H and O–H groups in total. The average molecular weight is 349 g/mol. The number of carbonyl (C=O) groups excluding carboxylic acids is 1. The number of hydrogen-bond acceptors (Lipinski definition) is 3. The molecule has 2 unspecified atom stereocenters. The first-order valence-electron chi connectivity index (χ1n) is 8.96. The minimum Gasteiger partial charge on any atom is -0.396 e. The summed E-state index contributed by atoms with van der Waals surface area (Å²) in [6.07, 6.45) is 5.77. The Bertz CT molecular complexity index is 796. The molecule has 1 heterocycles. The lowest BCUT2D eigenvalue weighted by molar-refractivity contribution is 0.156. The number of hydrogen-bond donors (Lipinski definition) is 3. The zero-order valence-electron chi connectivity index (χ0n) is 14.6. The molecule has 0 saturated heterocycles. The van der Waals surface area contributed by atoms with Crippen molar-refractivity contribution in [2.24, 2.45) is 5.92 Å². The summed E-state index contributed by atoms with van der Waals surface area (Å²) in [6.45, 7) is 0.115. The SMILES string of the molecule is O=C(Nc1cccc(C#Cc2ccccn2)c1)NC1CCCCC1CO. The van der Waals surface area contributed by atoms with Crippen LogP contribution in [0.4, 0.5) is 10.5 Å². The summed E-state index contributed by atoms with van der Waals surface area (Å²) in [7, 11) is 0. The molecule has 0 bridgehead atoms. The van der Waals surface area contributed by atoms with Crippen LogP contribution in [0.2, 0.25) is 0 Å². The van der Waals surface area contributed by atoms with Gasteiger partial charge in [-0.05, 0) is 49.1 Å². The van der Waals surface area contributed by atoms with Crippen molar-refractivity contribution in [2.75, 3.05) is 11.9 Å². The molecule has 26 heavy (non-hydrogen) atoms. The maximum absolute atomic E-state index is 12.3. The van der Waals surface area contributed by atoms with Crippen LogP contribution in [0.1, 0.15) is 36.9 Å². The van der Waals surface area contributed by atoms with E-state index in [1.54, 1.807) is 6.20 Å². The lowest BCUT2D eigenvalue weighted by Gasteiger charge is -2.30. The minimum atomic E-state index is -0.245. The highest BCUT2D eigenvalue weighted by Crippen LogP contribution is 2.24. The molecule has 1 fully saturated rings. The molecule has 134 valence electrons. The zero-order valence-corrected chi connectivity index (χ0v) is 14.6. The van der Waals surface area contributed by atoms with E-state index < -0.39 is 0 Å². The molecule has 5 heteroatoms. The van der Waals surface area contributed by atoms with Gasteiger partial charge < -0.3 is 15.7 Å². The van der Waals surface area contributed by atoms with Crippen LogP contribution in [0.5, 0.6) is 0 Å². The summed E-state index contributed by atoms with van der Waals surface area (Å²) in [6, 6.07) is 12.8. The zero-order chi connectivity index (χ0) is 18.2. The molecular formula is C21H23N3O2. The Morgan fingerprint density at radius 2 is 2.04 bits per heavy atom. The summed E-state index contributed by atoms with van der Waals surface area (Å²) >= 11 is 0. The third-order valence-corrected chi connectivity index (χ3v) is 4.58. The van der Waals surface area contributed by atoms with Crippen molar-refractivity contribution in [3.05, 3.63) is 59.9 Å². The first-order chi connectivity index (χ1) is 12.7. The predicted octanol–water partition coefficient (Wildman–Crippen LogP) is 3.15. The molecule has 1 saturated carbocycles. The smallest absolute Gasteiger partial charge is 0.319 e. The monoisotopic (exact) mass is 349 g/mol. The van der Waals surface area contributed by atoms with Crippen molar-refractivity contribution < 1.29 is 9.90 Å². The third kappa shape index (κ3) is 5.08. The number of pyridine rings is 1. The largest absolute Gasteiger partial charge is 0.396 e. The first-order valence-corrected chi connectivity index (χ1v) is 8.96. The molecule has 0 aliphatic heterocycles. The molecule has 5 nitrogen and oxygen atoms in total. The van der Waals surface area contributed by atoms with Crippen LogP contribution in [0.15, 0.2) is 48.7 Å². The number of anilines is 1. The molecule has 2 atom stereocenters. The van der Waals surface area contributed by atoms with E-state index in [9.17, 15) is 9.90 Å². The Hall–Kier alpha value is -2.84. The van der Waals surface area contributed by atoms with Gasteiger partial charge in [0.25, 0.3) is 0 Å². The van der Waals surface area contributed by atoms with E-state index in [0.717, 1.165) is 31.2 Å². The number of carbonyl (C=O) groups is 1. The summed E-state index contributed by atoms with van der Waals surface area (Å²) in [4.78, 5) is 16.5. The number of benzene rings is 1. The number of nitrogens with zero attached hydrogens (tertiary/aromatic N) is 1. The molecule has 1 aromatic carbocycles. The highest BCUT2D eigenvalue weighted by atomic mass is 16.3. The van der Waals surface area contributed by atoms with E-state index in [2.05, 4.69) is 27.5 Å². The summed E-state index contributed by atoms with van der Waals surface area (Å²) in [5.41, 5.74) is 2.20. The second kappa shape index (κ2) is 9.02. The number of nitrogens with one attached hydrogen (secondary N) is 2. The Balaban J connectivity index is 1.61. The van der Waals surface area contributed by atoms with Gasteiger partial charge in [0.2, 0.25) is 0 Å². The van der Waals surface area contributed by atoms with E-state index in [-0.39, 0.29) is 24.6 Å². The van der Waals surface area contributed by atoms with Gasteiger partial charge in [0.15, 0.2) is 0 Å². The van der Waals surface area contributed by atoms with Crippen molar-refractivity contribution in [1.82, 2.24) is 10.3 Å². The summed E-state index contributed by atoms with van der Waals surface area (Å²) in [5.74, 6) is 6.20. The molecule has 3 rings (SSSR count). The van der Waals surface area contributed by atoms with Gasteiger partial charge in [-0.1, -0.05) is 30.9 Å². The number of urea groups is 1. The van der Waals surface area contributed by atoms with Gasteiger partial charge >= 0.3 is 6.03 Å². The van der Waals surface area contributed by atoms with Gasteiger partial charge in [0.1, 0.15) is 5.69 Å². The van der Waals surface area contributed by atoms with Crippen molar-refractivity contribution in [1.29, 1.82) is 0 Å². The fourth-order valence-corrected chi connectivity index (χ4v) is 3.20. The molecule has 2 aromatic rings. The third-order valence-electron chi connectivity index (χ3n) is 4.58. The molecule has 0 radical (unpaired) electrons. The predicted molar refractivity (Wildman–Crippen MR) is 102 cm³/mol. The number of aromatic nitrogens is 1. The highest BCUT2D eigenvalue weighted by molar-refractivity contribution is 5.89. The Morgan fingerprint density at radius 1 is 1.15 bits per heavy atom. The fraction of sp³-hybridized carbons (Fsp3) is 0.333. The molecule has 1 aliphatic carbocycles. The summed E-state index contributed by atoms with van der Waals surface area (Å²) in [5, 5.41) is 15.3. The van der Waals surface area contributed by atoms with Crippen LogP contribution in [-0.4, -0.2) is 28.8 Å². The van der Waals surface area contributed by atoms with Crippen LogP contribution in [0, 0.1) is 17.8 Å². The van der Waals surface area contributed by atoms with Gasteiger partial charge in [0, 0.05) is 36.0 Å². The van der Waals surface area contributed by atoms with Crippen molar-refractivity contribution >= 4 is 11.7 Å². The molecule has 0 spiro atoms. The Kier molecular flexibility index (Phi) is 6.24. The van der Waals surface area contributed by atoms with Crippen LogP contribution in [0.3, 0.4) is 0 Å². The van der Waals surface area contributed by atoms with E-state index >= 15 is 0 Å². The van der Waals surface area contributed by atoms with Crippen molar-refractivity contribution in [2.45, 2.75) is 31.7 Å². The second-order valence-corrected chi connectivity index (χ2v) is 6.48. The summed E-state index contributed by atoms with van der Waals surface area (Å²) < 4.78 is 0. The van der Waals surface area contributed by atoms with Gasteiger partial charge in [-0.3, -0.25) is 0 Å². The number of aliphatic hydroxyl groups is 1. The number of rotatable bonds is 3. The van der Waals surface area contributed by atoms with Crippen molar-refractivity contribution in [3.63, 3.8) is 0 Å². The van der Waals surface area contributed by atoms with Crippen LogP contribution < -0.4 is 10.6 Å². The topological polar surface area (TPSA) is 74.2 Å². The van der Waals surface area contributed by atoms with E-state index in [0.29, 0.717) is 11.4 Å². The number of amides is 2. The van der Waals surface area contributed by atoms with Crippen LogP contribution in [-0.2, 0) is 0 Å².